The van der Waals surface area contributed by atoms with E-state index in [1.54, 1.807) is 18.2 Å². The van der Waals surface area contributed by atoms with E-state index in [1.807, 2.05) is 6.92 Å². The third-order valence-electron chi connectivity index (χ3n) is 3.93. The highest BCUT2D eigenvalue weighted by Gasteiger charge is 2.31. The summed E-state index contributed by atoms with van der Waals surface area (Å²) in [6, 6.07) is 5.18. The van der Waals surface area contributed by atoms with Gasteiger partial charge < -0.3 is 15.7 Å². The summed E-state index contributed by atoms with van der Waals surface area (Å²) >= 11 is 0. The Balaban J connectivity index is 2.15. The summed E-state index contributed by atoms with van der Waals surface area (Å²) < 4.78 is 0. The van der Waals surface area contributed by atoms with Gasteiger partial charge in [0.05, 0.1) is 10.5 Å². The normalized spacial score (nSPS) is 16.7. The molecule has 0 heterocycles. The second-order valence-corrected chi connectivity index (χ2v) is 5.67. The van der Waals surface area contributed by atoms with Crippen molar-refractivity contribution in [2.75, 3.05) is 23.7 Å². The van der Waals surface area contributed by atoms with Crippen LogP contribution < -0.4 is 10.6 Å². The highest BCUT2D eigenvalue weighted by atomic mass is 16.6. The van der Waals surface area contributed by atoms with Crippen molar-refractivity contribution in [2.24, 2.45) is 0 Å². The van der Waals surface area contributed by atoms with Gasteiger partial charge in [0.25, 0.3) is 0 Å². The van der Waals surface area contributed by atoms with Crippen LogP contribution >= 0.6 is 0 Å². The molecule has 0 amide bonds. The van der Waals surface area contributed by atoms with Crippen molar-refractivity contribution in [2.45, 2.75) is 44.6 Å². The van der Waals surface area contributed by atoms with Gasteiger partial charge in [-0.1, -0.05) is 25.8 Å². The van der Waals surface area contributed by atoms with E-state index in [-0.39, 0.29) is 10.6 Å². The highest BCUT2D eigenvalue weighted by molar-refractivity contribution is 5.76. The van der Waals surface area contributed by atoms with Crippen molar-refractivity contribution < 1.29 is 10.0 Å². The largest absolute Gasteiger partial charge is 0.388 e. The summed E-state index contributed by atoms with van der Waals surface area (Å²) in [6.07, 6.45) is 4.43. The van der Waals surface area contributed by atoms with Crippen molar-refractivity contribution in [3.05, 3.63) is 28.3 Å². The molecule has 0 bridgehead atoms. The summed E-state index contributed by atoms with van der Waals surface area (Å²) in [4.78, 5) is 11.0. The lowest BCUT2D eigenvalue weighted by molar-refractivity contribution is -0.383. The fraction of sp³-hybridized carbons (Fsp3) is 0.600. The maximum Gasteiger partial charge on any atom is 0.315 e. The van der Waals surface area contributed by atoms with Gasteiger partial charge >= 0.3 is 5.69 Å². The zero-order valence-corrected chi connectivity index (χ0v) is 12.4. The summed E-state index contributed by atoms with van der Waals surface area (Å²) in [6.45, 7) is 3.05. The number of para-hydroxylation sites is 1. The van der Waals surface area contributed by atoms with Crippen molar-refractivity contribution in [1.82, 2.24) is 0 Å². The van der Waals surface area contributed by atoms with Crippen LogP contribution in [-0.4, -0.2) is 28.7 Å². The summed E-state index contributed by atoms with van der Waals surface area (Å²) in [5.74, 6) is 0. The van der Waals surface area contributed by atoms with E-state index in [0.717, 1.165) is 32.1 Å². The van der Waals surface area contributed by atoms with Crippen LogP contribution in [0.3, 0.4) is 0 Å². The molecule has 0 radical (unpaired) electrons. The Labute approximate surface area is 124 Å². The Bertz CT molecular complexity index is 499. The lowest BCUT2D eigenvalue weighted by Gasteiger charge is -2.23. The molecule has 0 aromatic heterocycles. The molecule has 0 saturated heterocycles. The quantitative estimate of drug-likeness (QED) is 0.531. The van der Waals surface area contributed by atoms with Gasteiger partial charge in [0.15, 0.2) is 0 Å². The van der Waals surface area contributed by atoms with Crippen molar-refractivity contribution in [3.8, 4) is 0 Å². The fourth-order valence-corrected chi connectivity index (χ4v) is 2.75. The topological polar surface area (TPSA) is 87.4 Å². The average molecular weight is 293 g/mol. The van der Waals surface area contributed by atoms with E-state index < -0.39 is 5.60 Å². The molecule has 21 heavy (non-hydrogen) atoms. The molecule has 0 atom stereocenters. The van der Waals surface area contributed by atoms with Crippen LogP contribution in [0.4, 0.5) is 17.1 Å². The average Bonchev–Trinajstić information content (AvgIpc) is 2.90. The summed E-state index contributed by atoms with van der Waals surface area (Å²) in [5.41, 5.74) is 0.292. The third kappa shape index (κ3) is 3.85. The molecular weight excluding hydrogens is 270 g/mol. The molecule has 6 nitrogen and oxygen atoms in total. The molecule has 116 valence electrons. The molecule has 1 aliphatic rings. The second-order valence-electron chi connectivity index (χ2n) is 5.67. The molecule has 3 N–H and O–H groups in total. The summed E-state index contributed by atoms with van der Waals surface area (Å²) in [5, 5.41) is 27.8. The van der Waals surface area contributed by atoms with Gasteiger partial charge in [0, 0.05) is 13.1 Å². The molecule has 1 aromatic rings. The first kappa shape index (κ1) is 15.6. The number of nitro groups is 1. The van der Waals surface area contributed by atoms with Crippen LogP contribution in [0.1, 0.15) is 39.0 Å². The van der Waals surface area contributed by atoms with Gasteiger partial charge in [-0.15, -0.1) is 0 Å². The van der Waals surface area contributed by atoms with Crippen LogP contribution in [-0.2, 0) is 0 Å². The standard InChI is InChI=1S/C15H23N3O3/c1-2-10-16-12-6-5-7-13(14(12)18(20)21)17-11-15(19)8-3-4-9-15/h5-7,16-17,19H,2-4,8-11H2,1H3. The van der Waals surface area contributed by atoms with E-state index in [2.05, 4.69) is 10.6 Å². The first-order valence-electron chi connectivity index (χ1n) is 7.53. The molecule has 0 unspecified atom stereocenters. The maximum atomic E-state index is 11.3. The molecule has 1 saturated carbocycles. The van der Waals surface area contributed by atoms with E-state index in [9.17, 15) is 15.2 Å². The van der Waals surface area contributed by atoms with Crippen molar-refractivity contribution in [1.29, 1.82) is 0 Å². The first-order chi connectivity index (χ1) is 10.1. The second kappa shape index (κ2) is 6.76. The highest BCUT2D eigenvalue weighted by Crippen LogP contribution is 2.35. The first-order valence-corrected chi connectivity index (χ1v) is 7.53. The smallest absolute Gasteiger partial charge is 0.315 e. The van der Waals surface area contributed by atoms with Crippen LogP contribution in [0.2, 0.25) is 0 Å². The molecular formula is C15H23N3O3. The molecule has 0 aliphatic heterocycles. The van der Waals surface area contributed by atoms with Crippen LogP contribution in [0.5, 0.6) is 0 Å². The van der Waals surface area contributed by atoms with Crippen molar-refractivity contribution in [3.63, 3.8) is 0 Å². The third-order valence-corrected chi connectivity index (χ3v) is 3.93. The van der Waals surface area contributed by atoms with Crippen LogP contribution in [0.15, 0.2) is 18.2 Å². The molecule has 6 heteroatoms. The fourth-order valence-electron chi connectivity index (χ4n) is 2.75. The number of benzene rings is 1. The van der Waals surface area contributed by atoms with Gasteiger partial charge in [0.2, 0.25) is 0 Å². The Morgan fingerprint density at radius 1 is 1.29 bits per heavy atom. The Hall–Kier alpha value is -1.82. The number of aliphatic hydroxyl groups is 1. The number of nitrogens with zero attached hydrogens (tertiary/aromatic N) is 1. The minimum absolute atomic E-state index is 0.0487. The predicted octanol–water partition coefficient (Wildman–Crippen LogP) is 3.13. The number of nitrogens with one attached hydrogen (secondary N) is 2. The molecule has 1 aliphatic carbocycles. The lowest BCUT2D eigenvalue weighted by atomic mass is 10.0. The van der Waals surface area contributed by atoms with Crippen LogP contribution in [0, 0.1) is 10.1 Å². The van der Waals surface area contributed by atoms with Crippen molar-refractivity contribution >= 4 is 17.1 Å². The Morgan fingerprint density at radius 2 is 1.90 bits per heavy atom. The van der Waals surface area contributed by atoms with Gasteiger partial charge in [-0.05, 0) is 31.4 Å². The van der Waals surface area contributed by atoms with E-state index in [4.69, 9.17) is 0 Å². The molecule has 1 aromatic carbocycles. The van der Waals surface area contributed by atoms with E-state index >= 15 is 0 Å². The van der Waals surface area contributed by atoms with Gasteiger partial charge in [-0.25, -0.2) is 0 Å². The molecule has 0 spiro atoms. The van der Waals surface area contributed by atoms with E-state index in [1.165, 1.54) is 0 Å². The Morgan fingerprint density at radius 3 is 2.48 bits per heavy atom. The Kier molecular flexibility index (Phi) is 5.01. The predicted molar refractivity (Wildman–Crippen MR) is 83.8 cm³/mol. The minimum atomic E-state index is -0.735. The zero-order chi connectivity index (χ0) is 15.3. The number of hydrogen-bond donors (Lipinski definition) is 3. The molecule has 2 rings (SSSR count). The lowest BCUT2D eigenvalue weighted by Crippen LogP contribution is -2.33. The van der Waals surface area contributed by atoms with Gasteiger partial charge in [0.1, 0.15) is 11.4 Å². The minimum Gasteiger partial charge on any atom is -0.388 e. The van der Waals surface area contributed by atoms with Gasteiger partial charge in [-0.3, -0.25) is 10.1 Å². The molecule has 1 fully saturated rings. The number of rotatable bonds is 7. The zero-order valence-electron chi connectivity index (χ0n) is 12.4. The van der Waals surface area contributed by atoms with Crippen LogP contribution in [0.25, 0.3) is 0 Å². The number of anilines is 2. The van der Waals surface area contributed by atoms with E-state index in [0.29, 0.717) is 24.5 Å². The monoisotopic (exact) mass is 293 g/mol. The maximum absolute atomic E-state index is 11.3. The summed E-state index contributed by atoms with van der Waals surface area (Å²) in [7, 11) is 0. The number of hydrogen-bond acceptors (Lipinski definition) is 5. The van der Waals surface area contributed by atoms with Gasteiger partial charge in [-0.2, -0.15) is 0 Å². The SMILES string of the molecule is CCCNc1cccc(NCC2(O)CCCC2)c1[N+](=O)[O-]. The number of nitro benzene ring substituents is 1.